The van der Waals surface area contributed by atoms with Crippen LogP contribution in [0.3, 0.4) is 0 Å². The van der Waals surface area contributed by atoms with Crippen LogP contribution in [0.25, 0.3) is 0 Å². The second-order valence-electron chi connectivity index (χ2n) is 6.90. The molecule has 11 nitrogen and oxygen atoms in total. The molecule has 0 aliphatic carbocycles. The molecule has 2 heterocycles. The minimum atomic E-state index is -1.08. The van der Waals surface area contributed by atoms with E-state index in [9.17, 15) is 24.3 Å². The van der Waals surface area contributed by atoms with Crippen LogP contribution in [0.1, 0.15) is 25.5 Å². The van der Waals surface area contributed by atoms with Crippen LogP contribution in [-0.2, 0) is 25.6 Å². The number of rotatable bonds is 9. The number of aromatic amines is 1. The summed E-state index contributed by atoms with van der Waals surface area (Å²) in [5.41, 5.74) is 6.17. The van der Waals surface area contributed by atoms with E-state index in [0.29, 0.717) is 25.1 Å². The van der Waals surface area contributed by atoms with Gasteiger partial charge >= 0.3 is 5.97 Å². The number of likely N-dealkylation sites (tertiary alicyclic amines) is 1. The number of aliphatic carboxylic acids is 1. The molecule has 0 aromatic carbocycles. The van der Waals surface area contributed by atoms with Gasteiger partial charge in [-0.15, -0.1) is 0 Å². The first kappa shape index (κ1) is 22.7. The Balaban J connectivity index is 2.11. The third-order valence-corrected chi connectivity index (χ3v) is 5.01. The summed E-state index contributed by atoms with van der Waals surface area (Å²) in [6.07, 6.45) is 4.00. The second-order valence-corrected chi connectivity index (χ2v) is 7.27. The van der Waals surface area contributed by atoms with Crippen LogP contribution >= 0.6 is 12.6 Å². The molecule has 1 saturated heterocycles. The number of carboxylic acid groups (broad SMARTS) is 1. The van der Waals surface area contributed by atoms with Gasteiger partial charge in [0.15, 0.2) is 0 Å². The number of carbonyl (C=O) groups excluding carboxylic acids is 3. The third-order valence-electron chi connectivity index (χ3n) is 4.64. The zero-order chi connectivity index (χ0) is 21.6. The molecular weight excluding hydrogens is 400 g/mol. The fourth-order valence-corrected chi connectivity index (χ4v) is 3.32. The molecule has 0 saturated carbocycles. The number of amides is 3. The Kier molecular flexibility index (Phi) is 8.02. The van der Waals surface area contributed by atoms with Crippen LogP contribution in [-0.4, -0.2) is 80.1 Å². The normalized spacial score (nSPS) is 19.3. The molecular formula is C17H26N6O5S. The SMILES string of the molecule is CC(N)C(=O)NC(Cc1cnc[nH]1)C(=O)NC(CS)C(=O)N1CCCC1C(=O)O. The first-order valence-electron chi connectivity index (χ1n) is 9.22. The molecule has 160 valence electrons. The molecule has 4 unspecified atom stereocenters. The lowest BCUT2D eigenvalue weighted by Gasteiger charge is -2.28. The maximum Gasteiger partial charge on any atom is 0.326 e. The van der Waals surface area contributed by atoms with Crippen molar-refractivity contribution >= 4 is 36.3 Å². The summed E-state index contributed by atoms with van der Waals surface area (Å²) in [7, 11) is 0. The highest BCUT2D eigenvalue weighted by atomic mass is 32.1. The van der Waals surface area contributed by atoms with E-state index in [-0.39, 0.29) is 12.2 Å². The van der Waals surface area contributed by atoms with E-state index in [1.54, 1.807) is 0 Å². The van der Waals surface area contributed by atoms with Crippen LogP contribution in [0, 0.1) is 0 Å². The van der Waals surface area contributed by atoms with Gasteiger partial charge in [-0.05, 0) is 19.8 Å². The lowest BCUT2D eigenvalue weighted by atomic mass is 10.1. The first-order chi connectivity index (χ1) is 13.7. The standard InChI is InChI=1S/C17H26N6O5S/c1-9(18)14(24)21-11(5-10-6-19-8-20-10)15(25)22-12(7-29)16(26)23-4-2-3-13(23)17(27)28/h6,8-9,11-13,29H,2-5,7,18H2,1H3,(H,19,20)(H,21,24)(H,22,25)(H,27,28). The summed E-state index contributed by atoms with van der Waals surface area (Å²) < 4.78 is 0. The molecule has 2 rings (SSSR count). The number of nitrogens with one attached hydrogen (secondary N) is 3. The van der Waals surface area contributed by atoms with Crippen LogP contribution < -0.4 is 16.4 Å². The number of H-pyrrole nitrogens is 1. The smallest absolute Gasteiger partial charge is 0.326 e. The van der Waals surface area contributed by atoms with Gasteiger partial charge in [0.1, 0.15) is 18.1 Å². The summed E-state index contributed by atoms with van der Waals surface area (Å²) >= 11 is 4.13. The van der Waals surface area contributed by atoms with Crippen molar-refractivity contribution in [1.82, 2.24) is 25.5 Å². The van der Waals surface area contributed by atoms with Gasteiger partial charge in [0.05, 0.1) is 12.4 Å². The largest absolute Gasteiger partial charge is 0.480 e. The number of carboxylic acids is 1. The van der Waals surface area contributed by atoms with E-state index in [4.69, 9.17) is 5.73 Å². The summed E-state index contributed by atoms with van der Waals surface area (Å²) in [5, 5.41) is 14.4. The first-order valence-corrected chi connectivity index (χ1v) is 9.85. The third kappa shape index (κ3) is 5.94. The zero-order valence-corrected chi connectivity index (χ0v) is 16.9. The van der Waals surface area contributed by atoms with Crippen molar-refractivity contribution in [2.75, 3.05) is 12.3 Å². The monoisotopic (exact) mass is 426 g/mol. The molecule has 6 N–H and O–H groups in total. The Hall–Kier alpha value is -2.60. The average molecular weight is 426 g/mol. The van der Waals surface area contributed by atoms with Crippen LogP contribution in [0.4, 0.5) is 0 Å². The van der Waals surface area contributed by atoms with Crippen LogP contribution in [0.15, 0.2) is 12.5 Å². The van der Waals surface area contributed by atoms with Gasteiger partial charge in [0, 0.05) is 30.6 Å². The average Bonchev–Trinajstić information content (AvgIpc) is 3.36. The molecule has 3 amide bonds. The zero-order valence-electron chi connectivity index (χ0n) is 16.0. The van der Waals surface area contributed by atoms with Gasteiger partial charge in [-0.2, -0.15) is 12.6 Å². The van der Waals surface area contributed by atoms with Crippen molar-refractivity contribution in [3.05, 3.63) is 18.2 Å². The maximum absolute atomic E-state index is 12.8. The molecule has 29 heavy (non-hydrogen) atoms. The molecule has 1 aromatic heterocycles. The lowest BCUT2D eigenvalue weighted by molar-refractivity contribution is -0.149. The number of imidazole rings is 1. The van der Waals surface area contributed by atoms with Crippen molar-refractivity contribution in [1.29, 1.82) is 0 Å². The number of thiol groups is 1. The summed E-state index contributed by atoms with van der Waals surface area (Å²) in [4.78, 5) is 56.9. The van der Waals surface area contributed by atoms with Crippen LogP contribution in [0.5, 0.6) is 0 Å². The molecule has 1 aliphatic heterocycles. The number of hydrogen-bond donors (Lipinski definition) is 6. The van der Waals surface area contributed by atoms with Gasteiger partial charge in [-0.25, -0.2) is 9.78 Å². The fraction of sp³-hybridized carbons (Fsp3) is 0.588. The molecule has 1 aromatic rings. The van der Waals surface area contributed by atoms with Crippen LogP contribution in [0.2, 0.25) is 0 Å². The summed E-state index contributed by atoms with van der Waals surface area (Å²) in [6, 6.07) is -3.77. The van der Waals surface area contributed by atoms with Crippen molar-refractivity contribution in [3.63, 3.8) is 0 Å². The molecule has 0 radical (unpaired) electrons. The van der Waals surface area contributed by atoms with Gasteiger partial charge in [-0.1, -0.05) is 0 Å². The molecule has 1 fully saturated rings. The fourth-order valence-electron chi connectivity index (χ4n) is 3.07. The Bertz CT molecular complexity index is 741. The highest BCUT2D eigenvalue weighted by molar-refractivity contribution is 7.80. The maximum atomic E-state index is 12.8. The molecule has 1 aliphatic rings. The number of nitrogens with zero attached hydrogens (tertiary/aromatic N) is 2. The van der Waals surface area contributed by atoms with Gasteiger partial charge in [0.25, 0.3) is 0 Å². The predicted octanol–water partition coefficient (Wildman–Crippen LogP) is -1.73. The van der Waals surface area contributed by atoms with E-state index < -0.39 is 47.9 Å². The van der Waals surface area contributed by atoms with Crippen molar-refractivity contribution in [3.8, 4) is 0 Å². The Morgan fingerprint density at radius 1 is 1.34 bits per heavy atom. The summed E-state index contributed by atoms with van der Waals surface area (Å²) in [5.74, 6) is -2.75. The van der Waals surface area contributed by atoms with E-state index in [0.717, 1.165) is 0 Å². The molecule has 0 spiro atoms. The number of nitrogens with two attached hydrogens (primary N) is 1. The lowest BCUT2D eigenvalue weighted by Crippen LogP contribution is -2.58. The highest BCUT2D eigenvalue weighted by Crippen LogP contribution is 2.19. The number of hydrogen-bond acceptors (Lipinski definition) is 7. The van der Waals surface area contributed by atoms with Gasteiger partial charge in [0.2, 0.25) is 17.7 Å². The van der Waals surface area contributed by atoms with Crippen molar-refractivity contribution in [2.45, 2.75) is 50.4 Å². The van der Waals surface area contributed by atoms with Gasteiger partial charge < -0.3 is 31.4 Å². The second kappa shape index (κ2) is 10.3. The van der Waals surface area contributed by atoms with Crippen molar-refractivity contribution in [2.24, 2.45) is 5.73 Å². The van der Waals surface area contributed by atoms with E-state index >= 15 is 0 Å². The Morgan fingerprint density at radius 2 is 2.03 bits per heavy atom. The van der Waals surface area contributed by atoms with E-state index in [2.05, 4.69) is 33.2 Å². The quantitative estimate of drug-likeness (QED) is 0.255. The number of aromatic nitrogens is 2. The van der Waals surface area contributed by atoms with E-state index in [1.807, 2.05) is 0 Å². The topological polar surface area (TPSA) is 171 Å². The molecule has 4 atom stereocenters. The molecule has 12 heteroatoms. The van der Waals surface area contributed by atoms with E-state index in [1.165, 1.54) is 24.3 Å². The number of carbonyl (C=O) groups is 4. The Morgan fingerprint density at radius 3 is 2.59 bits per heavy atom. The predicted molar refractivity (Wildman–Crippen MR) is 106 cm³/mol. The van der Waals surface area contributed by atoms with Gasteiger partial charge in [-0.3, -0.25) is 14.4 Å². The van der Waals surface area contributed by atoms with Crippen molar-refractivity contribution < 1.29 is 24.3 Å². The highest BCUT2D eigenvalue weighted by Gasteiger charge is 2.38. The molecule has 0 bridgehead atoms. The summed E-state index contributed by atoms with van der Waals surface area (Å²) in [6.45, 7) is 1.79. The Labute approximate surface area is 173 Å². The minimum absolute atomic E-state index is 0.0224. The minimum Gasteiger partial charge on any atom is -0.480 e.